The molecule has 0 amide bonds. The van der Waals surface area contributed by atoms with E-state index in [1.807, 2.05) is 18.2 Å². The quantitative estimate of drug-likeness (QED) is 0.794. The molecule has 3 rings (SSSR count). The summed E-state index contributed by atoms with van der Waals surface area (Å²) in [6, 6.07) is 15.6. The highest BCUT2D eigenvalue weighted by atomic mass is 19.1. The summed E-state index contributed by atoms with van der Waals surface area (Å²) in [5.41, 5.74) is 1.44. The molecule has 0 aliphatic carbocycles. The van der Waals surface area contributed by atoms with Crippen molar-refractivity contribution < 1.29 is 14.3 Å². The third-order valence-electron chi connectivity index (χ3n) is 3.64. The lowest BCUT2D eigenvalue weighted by atomic mass is 9.99. The van der Waals surface area contributed by atoms with Crippen LogP contribution in [0, 0.1) is 5.82 Å². The van der Waals surface area contributed by atoms with Crippen LogP contribution in [-0.4, -0.2) is 15.6 Å². The number of benzene rings is 2. The summed E-state index contributed by atoms with van der Waals surface area (Å²) in [7, 11) is 0. The van der Waals surface area contributed by atoms with E-state index < -0.39 is 11.9 Å². The highest BCUT2D eigenvalue weighted by Gasteiger charge is 2.21. The van der Waals surface area contributed by atoms with Gasteiger partial charge in [-0.2, -0.15) is 0 Å². The fourth-order valence-corrected chi connectivity index (χ4v) is 2.55. The smallest absolute Gasteiger partial charge is 0.312 e. The van der Waals surface area contributed by atoms with E-state index >= 15 is 0 Å². The fraction of sp³-hybridized carbons (Fsp3) is 0.118. The van der Waals surface area contributed by atoms with Crippen molar-refractivity contribution in [2.45, 2.75) is 12.5 Å². The van der Waals surface area contributed by atoms with Crippen LogP contribution in [0.2, 0.25) is 0 Å². The minimum absolute atomic E-state index is 0.270. The number of aromatic nitrogens is 1. The van der Waals surface area contributed by atoms with E-state index in [0.717, 1.165) is 5.56 Å². The van der Waals surface area contributed by atoms with Gasteiger partial charge in [0.15, 0.2) is 0 Å². The normalized spacial score (nSPS) is 12.4. The topological polar surface area (TPSA) is 42.2 Å². The first-order valence-electron chi connectivity index (χ1n) is 6.68. The summed E-state index contributed by atoms with van der Waals surface area (Å²) >= 11 is 0. The Balaban J connectivity index is 1.99. The van der Waals surface area contributed by atoms with Crippen molar-refractivity contribution in [1.29, 1.82) is 0 Å². The van der Waals surface area contributed by atoms with Crippen molar-refractivity contribution >= 4 is 16.9 Å². The van der Waals surface area contributed by atoms with Gasteiger partial charge in [0.25, 0.3) is 0 Å². The van der Waals surface area contributed by atoms with Gasteiger partial charge < -0.3 is 9.67 Å². The Morgan fingerprint density at radius 1 is 1.10 bits per heavy atom. The number of fused-ring (bicyclic) bond motifs is 1. The second-order valence-electron chi connectivity index (χ2n) is 4.94. The molecule has 0 spiro atoms. The molecule has 0 bridgehead atoms. The zero-order valence-electron chi connectivity index (χ0n) is 11.2. The van der Waals surface area contributed by atoms with Crippen LogP contribution >= 0.6 is 0 Å². The Morgan fingerprint density at radius 3 is 2.57 bits per heavy atom. The third kappa shape index (κ3) is 2.52. The standard InChI is InChI=1S/C17H14FNO2/c18-15-7-4-8-16-13(15)9-10-19(16)11-14(17(20)21)12-5-2-1-3-6-12/h1-10,14H,11H2,(H,20,21). The van der Waals surface area contributed by atoms with E-state index in [-0.39, 0.29) is 12.4 Å². The van der Waals surface area contributed by atoms with Crippen molar-refractivity contribution in [3.8, 4) is 0 Å². The molecule has 1 atom stereocenters. The van der Waals surface area contributed by atoms with Gasteiger partial charge in [-0.1, -0.05) is 36.4 Å². The Hall–Kier alpha value is -2.62. The molecule has 0 saturated heterocycles. The third-order valence-corrected chi connectivity index (χ3v) is 3.64. The van der Waals surface area contributed by atoms with Crippen molar-refractivity contribution in [2.24, 2.45) is 0 Å². The first kappa shape index (κ1) is 13.4. The molecule has 1 N–H and O–H groups in total. The van der Waals surface area contributed by atoms with Gasteiger partial charge in [0.1, 0.15) is 5.82 Å². The number of nitrogens with zero attached hydrogens (tertiary/aromatic N) is 1. The van der Waals surface area contributed by atoms with Gasteiger partial charge in [-0.3, -0.25) is 4.79 Å². The summed E-state index contributed by atoms with van der Waals surface area (Å²) in [6.45, 7) is 0.270. The van der Waals surface area contributed by atoms with Gasteiger partial charge in [0.2, 0.25) is 0 Å². The number of rotatable bonds is 4. The molecule has 1 aromatic heterocycles. The number of carbonyl (C=O) groups is 1. The van der Waals surface area contributed by atoms with Crippen LogP contribution in [0.25, 0.3) is 10.9 Å². The van der Waals surface area contributed by atoms with E-state index in [1.165, 1.54) is 6.07 Å². The number of carboxylic acid groups (broad SMARTS) is 1. The number of aliphatic carboxylic acids is 1. The molecular formula is C17H14FNO2. The molecule has 0 radical (unpaired) electrons. The maximum Gasteiger partial charge on any atom is 0.312 e. The minimum Gasteiger partial charge on any atom is -0.481 e. The summed E-state index contributed by atoms with van der Waals surface area (Å²) in [6.07, 6.45) is 1.73. The predicted molar refractivity (Wildman–Crippen MR) is 78.7 cm³/mol. The first-order chi connectivity index (χ1) is 10.2. The first-order valence-corrected chi connectivity index (χ1v) is 6.68. The van der Waals surface area contributed by atoms with Crippen molar-refractivity contribution in [2.75, 3.05) is 0 Å². The Morgan fingerprint density at radius 2 is 1.86 bits per heavy atom. The van der Waals surface area contributed by atoms with Crippen molar-refractivity contribution in [1.82, 2.24) is 4.57 Å². The van der Waals surface area contributed by atoms with Gasteiger partial charge in [-0.05, 0) is 23.8 Å². The van der Waals surface area contributed by atoms with E-state index in [9.17, 15) is 14.3 Å². The Bertz CT molecular complexity index is 780. The molecular weight excluding hydrogens is 269 g/mol. The average Bonchev–Trinajstić information content (AvgIpc) is 2.90. The molecule has 106 valence electrons. The maximum atomic E-state index is 13.7. The summed E-state index contributed by atoms with van der Waals surface area (Å²) < 4.78 is 15.5. The maximum absolute atomic E-state index is 13.7. The molecule has 4 heteroatoms. The lowest BCUT2D eigenvalue weighted by Gasteiger charge is -2.14. The fourth-order valence-electron chi connectivity index (χ4n) is 2.55. The van der Waals surface area contributed by atoms with Gasteiger partial charge in [-0.15, -0.1) is 0 Å². The summed E-state index contributed by atoms with van der Waals surface area (Å²) in [4.78, 5) is 11.5. The highest BCUT2D eigenvalue weighted by molar-refractivity contribution is 5.81. The van der Waals surface area contributed by atoms with Gasteiger partial charge >= 0.3 is 5.97 Å². The van der Waals surface area contributed by atoms with E-state index in [2.05, 4.69) is 0 Å². The highest BCUT2D eigenvalue weighted by Crippen LogP contribution is 2.24. The molecule has 1 unspecified atom stereocenters. The van der Waals surface area contributed by atoms with E-state index in [1.54, 1.807) is 41.1 Å². The van der Waals surface area contributed by atoms with Crippen LogP contribution in [0.5, 0.6) is 0 Å². The molecule has 2 aromatic carbocycles. The summed E-state index contributed by atoms with van der Waals surface area (Å²) in [5.74, 6) is -1.85. The van der Waals surface area contributed by atoms with Crippen molar-refractivity contribution in [3.63, 3.8) is 0 Å². The molecule has 0 aliphatic heterocycles. The summed E-state index contributed by atoms with van der Waals surface area (Å²) in [5, 5.41) is 9.97. The molecule has 3 nitrogen and oxygen atoms in total. The zero-order chi connectivity index (χ0) is 14.8. The number of hydrogen-bond acceptors (Lipinski definition) is 1. The SMILES string of the molecule is O=C(O)C(Cn1ccc2c(F)cccc21)c1ccccc1. The van der Waals surface area contributed by atoms with Crippen molar-refractivity contribution in [3.05, 3.63) is 72.2 Å². The molecule has 1 heterocycles. The second-order valence-corrected chi connectivity index (χ2v) is 4.94. The van der Waals surface area contributed by atoms with Crippen LogP contribution < -0.4 is 0 Å². The van der Waals surface area contributed by atoms with Crippen LogP contribution in [0.15, 0.2) is 60.8 Å². The number of halogens is 1. The van der Waals surface area contributed by atoms with Crippen LogP contribution in [0.3, 0.4) is 0 Å². The lowest BCUT2D eigenvalue weighted by Crippen LogP contribution is -2.17. The van der Waals surface area contributed by atoms with Gasteiger partial charge in [-0.25, -0.2) is 4.39 Å². The molecule has 0 aliphatic rings. The molecule has 21 heavy (non-hydrogen) atoms. The Labute approximate surface area is 121 Å². The second kappa shape index (κ2) is 5.40. The zero-order valence-corrected chi connectivity index (χ0v) is 11.2. The molecule has 0 saturated carbocycles. The molecule has 3 aromatic rings. The van der Waals surface area contributed by atoms with Crippen LogP contribution in [0.1, 0.15) is 11.5 Å². The van der Waals surface area contributed by atoms with Crippen LogP contribution in [-0.2, 0) is 11.3 Å². The van der Waals surface area contributed by atoms with Gasteiger partial charge in [0.05, 0.1) is 11.4 Å². The monoisotopic (exact) mass is 283 g/mol. The number of carboxylic acids is 1. The van der Waals surface area contributed by atoms with Gasteiger partial charge in [0, 0.05) is 18.1 Å². The average molecular weight is 283 g/mol. The predicted octanol–water partition coefficient (Wildman–Crippen LogP) is 3.65. The van der Waals surface area contributed by atoms with E-state index in [4.69, 9.17) is 0 Å². The van der Waals surface area contributed by atoms with Crippen LogP contribution in [0.4, 0.5) is 4.39 Å². The molecule has 0 fully saturated rings. The minimum atomic E-state index is -0.889. The Kier molecular flexibility index (Phi) is 3.44. The van der Waals surface area contributed by atoms with E-state index in [0.29, 0.717) is 10.9 Å². The number of hydrogen-bond donors (Lipinski definition) is 1. The lowest BCUT2D eigenvalue weighted by molar-refractivity contribution is -0.139. The largest absolute Gasteiger partial charge is 0.481 e.